The van der Waals surface area contributed by atoms with Crippen LogP contribution in [0.2, 0.25) is 0 Å². The Morgan fingerprint density at radius 2 is 1.10 bits per heavy atom. The van der Waals surface area contributed by atoms with E-state index in [1.807, 2.05) is 6.07 Å². The monoisotopic (exact) mass is 600 g/mol. The zero-order valence-electron chi connectivity index (χ0n) is 23.3. The lowest BCUT2D eigenvalue weighted by Gasteiger charge is -2.12. The quantitative estimate of drug-likeness (QED) is 0.0820. The second kappa shape index (κ2) is 23.7. The third kappa shape index (κ3) is 17.5. The van der Waals surface area contributed by atoms with E-state index in [0.717, 1.165) is 41.5 Å². The molecule has 0 aromatic heterocycles. The molecule has 1 N–H and O–H groups in total. The molecule has 0 saturated carbocycles. The van der Waals surface area contributed by atoms with E-state index in [1.165, 1.54) is 20.9 Å². The number of thioether (sulfide) groups is 2. The zero-order valence-corrected chi connectivity index (χ0v) is 25.7. The highest BCUT2D eigenvalue weighted by Crippen LogP contribution is 2.27. The van der Waals surface area contributed by atoms with Gasteiger partial charge in [-0.15, -0.1) is 23.5 Å². The van der Waals surface area contributed by atoms with E-state index in [0.29, 0.717) is 72.7 Å². The van der Waals surface area contributed by atoms with Gasteiger partial charge in [0.05, 0.1) is 66.1 Å². The smallest absolute Gasteiger partial charge is 0.122 e. The van der Waals surface area contributed by atoms with Gasteiger partial charge < -0.3 is 33.0 Å². The number of hydrogen-bond acceptors (Lipinski definition) is 10. The molecule has 7 nitrogen and oxygen atoms in total. The molecule has 220 valence electrons. The van der Waals surface area contributed by atoms with Crippen molar-refractivity contribution in [2.45, 2.75) is 30.1 Å². The summed E-state index contributed by atoms with van der Waals surface area (Å²) in [6.45, 7) is 10.3. The summed E-state index contributed by atoms with van der Waals surface area (Å²) < 4.78 is 42.5. The lowest BCUT2D eigenvalue weighted by atomic mass is 10.1. The summed E-state index contributed by atoms with van der Waals surface area (Å²) in [6, 6.07) is 14.8. The predicted molar refractivity (Wildman–Crippen MR) is 163 cm³/mol. The van der Waals surface area contributed by atoms with E-state index in [9.17, 15) is 0 Å². The molecule has 0 bridgehead atoms. The van der Waals surface area contributed by atoms with Gasteiger partial charge in [-0.05, 0) is 61.3 Å². The summed E-state index contributed by atoms with van der Waals surface area (Å²) in [5.74, 6) is 3.44. The average Bonchev–Trinajstić information content (AvgIpc) is 2.95. The molecule has 10 heteroatoms. The van der Waals surface area contributed by atoms with Gasteiger partial charge in [-0.2, -0.15) is 0 Å². The van der Waals surface area contributed by atoms with Gasteiger partial charge in [0, 0.05) is 27.0 Å². The van der Waals surface area contributed by atoms with Crippen molar-refractivity contribution in [1.82, 2.24) is 0 Å². The highest BCUT2D eigenvalue weighted by atomic mass is 32.2. The molecule has 2 rings (SSSR count). The molecule has 0 saturated heterocycles. The lowest BCUT2D eigenvalue weighted by Crippen LogP contribution is -2.14. The third-order valence-corrected chi connectivity index (χ3v) is 7.96. The fourth-order valence-electron chi connectivity index (χ4n) is 3.30. The van der Waals surface area contributed by atoms with Gasteiger partial charge in [0.2, 0.25) is 0 Å². The first kappa shape index (κ1) is 34.3. The number of ether oxygens (including phenoxy) is 6. The standard InChI is InChI=1S/C29H44O7S3/c1-3-26-24-28(38-22-23-39-30)8-9-29(26)36-19-18-34-15-14-32-11-10-31-12-13-33-16-17-35-20-21-37-27-6-4-25(2)5-7-27/h4-9,24,30H,3,10-23H2,1-2H3. The molecule has 0 fully saturated rings. The van der Waals surface area contributed by atoms with Crippen molar-refractivity contribution in [2.24, 2.45) is 0 Å². The van der Waals surface area contributed by atoms with Crippen molar-refractivity contribution in [3.63, 3.8) is 0 Å². The molecule has 2 aromatic carbocycles. The van der Waals surface area contributed by atoms with E-state index >= 15 is 0 Å². The Kier molecular flexibility index (Phi) is 20.8. The summed E-state index contributed by atoms with van der Waals surface area (Å²) in [7, 11) is 0. The number of aryl methyl sites for hydroxylation is 2. The van der Waals surface area contributed by atoms with Crippen molar-refractivity contribution in [2.75, 3.05) is 89.9 Å². The van der Waals surface area contributed by atoms with Crippen LogP contribution >= 0.6 is 35.6 Å². The molecular formula is C29H44O7S3. The van der Waals surface area contributed by atoms with Gasteiger partial charge in [-0.25, -0.2) is 0 Å². The fourth-order valence-corrected chi connectivity index (χ4v) is 5.33. The minimum atomic E-state index is 0.501. The Labute approximate surface area is 247 Å². The van der Waals surface area contributed by atoms with E-state index < -0.39 is 0 Å². The summed E-state index contributed by atoms with van der Waals surface area (Å²) in [5, 5.41) is 0. The molecule has 0 unspecified atom stereocenters. The topological polar surface area (TPSA) is 75.6 Å². The first-order valence-electron chi connectivity index (χ1n) is 13.5. The molecule has 0 aliphatic carbocycles. The van der Waals surface area contributed by atoms with Crippen LogP contribution in [0, 0.1) is 6.92 Å². The van der Waals surface area contributed by atoms with Crippen LogP contribution < -0.4 is 4.74 Å². The summed E-state index contributed by atoms with van der Waals surface area (Å²) in [5.41, 5.74) is 2.46. The molecular weight excluding hydrogens is 557 g/mol. The SMILES string of the molecule is CCc1cc(SCCSO)ccc1OCCOCCOCCOCCOCCOCCSc1ccc(C)cc1. The summed E-state index contributed by atoms with van der Waals surface area (Å²) in [6.07, 6.45) is 0.907. The summed E-state index contributed by atoms with van der Waals surface area (Å²) >= 11 is 4.42. The minimum absolute atomic E-state index is 0.501. The second-order valence-electron chi connectivity index (χ2n) is 8.38. The number of rotatable bonds is 25. The molecule has 39 heavy (non-hydrogen) atoms. The molecule has 0 spiro atoms. The largest absolute Gasteiger partial charge is 0.491 e. The van der Waals surface area contributed by atoms with E-state index in [2.05, 4.69) is 50.2 Å². The molecule has 0 amide bonds. The van der Waals surface area contributed by atoms with Crippen molar-refractivity contribution >= 4 is 35.6 Å². The minimum Gasteiger partial charge on any atom is -0.491 e. The molecule has 0 heterocycles. The Balaban J connectivity index is 1.31. The van der Waals surface area contributed by atoms with Crippen molar-refractivity contribution in [3.05, 3.63) is 53.6 Å². The molecule has 0 aliphatic heterocycles. The van der Waals surface area contributed by atoms with Crippen LogP contribution in [-0.4, -0.2) is 94.5 Å². The molecule has 0 radical (unpaired) electrons. The Bertz CT molecular complexity index is 855. The van der Waals surface area contributed by atoms with Crippen molar-refractivity contribution < 1.29 is 33.0 Å². The summed E-state index contributed by atoms with van der Waals surface area (Å²) in [4.78, 5) is 2.47. The first-order valence-corrected chi connectivity index (χ1v) is 16.4. The lowest BCUT2D eigenvalue weighted by molar-refractivity contribution is -0.0118. The highest BCUT2D eigenvalue weighted by molar-refractivity contribution is 8.01. The van der Waals surface area contributed by atoms with Crippen LogP contribution in [0.25, 0.3) is 0 Å². The van der Waals surface area contributed by atoms with E-state index in [-0.39, 0.29) is 0 Å². The van der Waals surface area contributed by atoms with E-state index in [4.69, 9.17) is 33.0 Å². The molecule has 0 aliphatic rings. The van der Waals surface area contributed by atoms with Gasteiger partial charge in [0.1, 0.15) is 12.4 Å². The Morgan fingerprint density at radius 1 is 0.590 bits per heavy atom. The van der Waals surface area contributed by atoms with Crippen LogP contribution in [-0.2, 0) is 30.1 Å². The predicted octanol–water partition coefficient (Wildman–Crippen LogP) is 6.11. The van der Waals surface area contributed by atoms with Gasteiger partial charge >= 0.3 is 0 Å². The number of benzene rings is 2. The van der Waals surface area contributed by atoms with Gasteiger partial charge in [0.25, 0.3) is 0 Å². The van der Waals surface area contributed by atoms with Crippen LogP contribution in [0.5, 0.6) is 5.75 Å². The maximum atomic E-state index is 8.85. The second-order valence-corrected chi connectivity index (χ2v) is 11.4. The van der Waals surface area contributed by atoms with Gasteiger partial charge in [-0.3, -0.25) is 0 Å². The van der Waals surface area contributed by atoms with Crippen LogP contribution in [0.3, 0.4) is 0 Å². The van der Waals surface area contributed by atoms with E-state index in [1.54, 1.807) is 23.5 Å². The van der Waals surface area contributed by atoms with Crippen LogP contribution in [0.1, 0.15) is 18.1 Å². The molecule has 0 atom stereocenters. The van der Waals surface area contributed by atoms with Gasteiger partial charge in [0.15, 0.2) is 0 Å². The number of hydrogen-bond donors (Lipinski definition) is 1. The third-order valence-electron chi connectivity index (χ3n) is 5.35. The maximum Gasteiger partial charge on any atom is 0.122 e. The fraction of sp³-hybridized carbons (Fsp3) is 0.586. The Morgan fingerprint density at radius 3 is 1.67 bits per heavy atom. The Hall–Kier alpha value is -0.950. The highest BCUT2D eigenvalue weighted by Gasteiger charge is 2.05. The maximum absolute atomic E-state index is 8.85. The van der Waals surface area contributed by atoms with Crippen LogP contribution in [0.4, 0.5) is 0 Å². The first-order chi connectivity index (χ1) is 19.2. The zero-order chi connectivity index (χ0) is 27.8. The molecule has 2 aromatic rings. The normalized spacial score (nSPS) is 11.3. The average molecular weight is 601 g/mol. The van der Waals surface area contributed by atoms with Gasteiger partial charge in [-0.1, -0.05) is 24.6 Å². The van der Waals surface area contributed by atoms with Crippen molar-refractivity contribution in [1.29, 1.82) is 0 Å². The van der Waals surface area contributed by atoms with Crippen LogP contribution in [0.15, 0.2) is 52.3 Å². The van der Waals surface area contributed by atoms with Crippen molar-refractivity contribution in [3.8, 4) is 5.75 Å².